The van der Waals surface area contributed by atoms with E-state index < -0.39 is 0 Å². The molecule has 1 heterocycles. The second kappa shape index (κ2) is 11.3. The van der Waals surface area contributed by atoms with E-state index in [2.05, 4.69) is 15.5 Å². The first kappa shape index (κ1) is 19.7. The lowest BCUT2D eigenvalue weighted by Gasteiger charge is -2.27. The largest absolute Gasteiger partial charge is 0.494 e. The van der Waals surface area contributed by atoms with Crippen molar-refractivity contribution in [2.24, 2.45) is 5.92 Å². The first-order valence-corrected chi connectivity index (χ1v) is 8.14. The second-order valence-corrected chi connectivity index (χ2v) is 5.73. The molecule has 6 heteroatoms. The zero-order valence-electron chi connectivity index (χ0n) is 13.8. The highest BCUT2D eigenvalue weighted by Crippen LogP contribution is 2.10. The minimum atomic E-state index is -0.0215. The molecule has 1 aliphatic heterocycles. The van der Waals surface area contributed by atoms with Gasteiger partial charge in [0.2, 0.25) is 5.91 Å². The molecule has 1 atom stereocenters. The summed E-state index contributed by atoms with van der Waals surface area (Å²) < 4.78 is 5.63. The number of benzene rings is 1. The molecule has 0 spiro atoms. The molecule has 1 amide bonds. The number of hydrogen-bond acceptors (Lipinski definition) is 4. The van der Waals surface area contributed by atoms with E-state index in [9.17, 15) is 4.79 Å². The predicted octanol–water partition coefficient (Wildman–Crippen LogP) is 1.53. The van der Waals surface area contributed by atoms with Gasteiger partial charge in [0, 0.05) is 45.2 Å². The maximum Gasteiger partial charge on any atom is 0.223 e. The quantitative estimate of drug-likeness (QED) is 0.753. The molecular formula is C17H28ClN3O2. The zero-order chi connectivity index (χ0) is 15.6. The Morgan fingerprint density at radius 3 is 2.70 bits per heavy atom. The van der Waals surface area contributed by atoms with Crippen LogP contribution in [0.3, 0.4) is 0 Å². The Hall–Kier alpha value is -1.30. The number of ether oxygens (including phenoxy) is 1. The molecule has 1 unspecified atom stereocenters. The van der Waals surface area contributed by atoms with Gasteiger partial charge in [-0.25, -0.2) is 0 Å². The van der Waals surface area contributed by atoms with E-state index in [4.69, 9.17) is 4.74 Å². The Morgan fingerprint density at radius 1 is 1.30 bits per heavy atom. The van der Waals surface area contributed by atoms with Crippen molar-refractivity contribution in [1.82, 2.24) is 15.5 Å². The van der Waals surface area contributed by atoms with Crippen LogP contribution in [0.1, 0.15) is 13.3 Å². The van der Waals surface area contributed by atoms with Gasteiger partial charge in [-0.3, -0.25) is 9.69 Å². The lowest BCUT2D eigenvalue weighted by molar-refractivity contribution is -0.124. The summed E-state index contributed by atoms with van der Waals surface area (Å²) in [6, 6.07) is 9.71. The summed E-state index contributed by atoms with van der Waals surface area (Å²) >= 11 is 0. The molecule has 0 bridgehead atoms. The summed E-state index contributed by atoms with van der Waals surface area (Å²) in [6.45, 7) is 8.39. The Kier molecular flexibility index (Phi) is 9.67. The molecule has 0 saturated carbocycles. The van der Waals surface area contributed by atoms with Gasteiger partial charge >= 0.3 is 0 Å². The Bertz CT molecular complexity index is 439. The standard InChI is InChI=1S/C17H27N3O2.ClH/c1-15(7-14-22-16-5-3-2-4-6-16)17(21)19-10-13-20-11-8-18-9-12-20;/h2-6,15,18H,7-14H2,1H3,(H,19,21);1H. The number of carbonyl (C=O) groups excluding carboxylic acids is 1. The molecule has 1 aromatic carbocycles. The number of hydrogen-bond donors (Lipinski definition) is 2. The minimum Gasteiger partial charge on any atom is -0.494 e. The number of nitrogens with one attached hydrogen (secondary N) is 2. The minimum absolute atomic E-state index is 0. The van der Waals surface area contributed by atoms with Crippen molar-refractivity contribution in [1.29, 1.82) is 0 Å². The highest BCUT2D eigenvalue weighted by molar-refractivity contribution is 5.85. The lowest BCUT2D eigenvalue weighted by atomic mass is 10.1. The number of piperazine rings is 1. The van der Waals surface area contributed by atoms with E-state index in [0.717, 1.165) is 51.4 Å². The normalized spacial score (nSPS) is 16.2. The maximum absolute atomic E-state index is 12.0. The molecule has 0 aromatic heterocycles. The first-order chi connectivity index (χ1) is 10.8. The molecule has 23 heavy (non-hydrogen) atoms. The van der Waals surface area contributed by atoms with Gasteiger partial charge in [0.25, 0.3) is 0 Å². The number of nitrogens with zero attached hydrogens (tertiary/aromatic N) is 1. The molecule has 130 valence electrons. The van der Waals surface area contributed by atoms with Crippen LogP contribution in [-0.2, 0) is 4.79 Å². The van der Waals surface area contributed by atoms with Crippen molar-refractivity contribution in [2.75, 3.05) is 45.9 Å². The van der Waals surface area contributed by atoms with Crippen molar-refractivity contribution >= 4 is 18.3 Å². The van der Waals surface area contributed by atoms with Crippen molar-refractivity contribution in [3.8, 4) is 5.75 Å². The third kappa shape index (κ3) is 7.68. The number of rotatable bonds is 8. The maximum atomic E-state index is 12.0. The van der Waals surface area contributed by atoms with Gasteiger partial charge in [-0.15, -0.1) is 12.4 Å². The van der Waals surface area contributed by atoms with Crippen LogP contribution in [-0.4, -0.2) is 56.7 Å². The topological polar surface area (TPSA) is 53.6 Å². The number of halogens is 1. The van der Waals surface area contributed by atoms with E-state index in [0.29, 0.717) is 6.61 Å². The average molecular weight is 342 g/mol. The smallest absolute Gasteiger partial charge is 0.223 e. The summed E-state index contributed by atoms with van der Waals surface area (Å²) in [7, 11) is 0. The van der Waals surface area contributed by atoms with E-state index in [1.807, 2.05) is 37.3 Å². The number of amides is 1. The van der Waals surface area contributed by atoms with Crippen LogP contribution in [0.4, 0.5) is 0 Å². The SMILES string of the molecule is CC(CCOc1ccccc1)C(=O)NCCN1CCNCC1.Cl. The fraction of sp³-hybridized carbons (Fsp3) is 0.588. The molecule has 1 aliphatic rings. The Labute approximate surface area is 145 Å². The van der Waals surface area contributed by atoms with E-state index >= 15 is 0 Å². The van der Waals surface area contributed by atoms with Crippen LogP contribution in [0, 0.1) is 5.92 Å². The molecule has 2 rings (SSSR count). The molecule has 2 N–H and O–H groups in total. The van der Waals surface area contributed by atoms with Gasteiger partial charge in [-0.1, -0.05) is 25.1 Å². The molecule has 5 nitrogen and oxygen atoms in total. The van der Waals surface area contributed by atoms with Crippen LogP contribution in [0.25, 0.3) is 0 Å². The fourth-order valence-corrected chi connectivity index (χ4v) is 2.45. The third-order valence-corrected chi connectivity index (χ3v) is 3.95. The summed E-state index contributed by atoms with van der Waals surface area (Å²) in [6.07, 6.45) is 0.731. The first-order valence-electron chi connectivity index (χ1n) is 8.14. The van der Waals surface area contributed by atoms with Crippen LogP contribution in [0.5, 0.6) is 5.75 Å². The van der Waals surface area contributed by atoms with Gasteiger partial charge in [0.15, 0.2) is 0 Å². The van der Waals surface area contributed by atoms with Gasteiger partial charge < -0.3 is 15.4 Å². The van der Waals surface area contributed by atoms with Gasteiger partial charge in [-0.2, -0.15) is 0 Å². The van der Waals surface area contributed by atoms with Crippen molar-refractivity contribution < 1.29 is 9.53 Å². The summed E-state index contributed by atoms with van der Waals surface area (Å²) in [5.74, 6) is 0.951. The molecule has 1 saturated heterocycles. The van der Waals surface area contributed by atoms with Crippen LogP contribution in [0.2, 0.25) is 0 Å². The van der Waals surface area contributed by atoms with Crippen LogP contribution >= 0.6 is 12.4 Å². The molecule has 1 aromatic rings. The van der Waals surface area contributed by atoms with Crippen molar-refractivity contribution in [3.63, 3.8) is 0 Å². The molecule has 0 radical (unpaired) electrons. The Morgan fingerprint density at radius 2 is 2.00 bits per heavy atom. The van der Waals surface area contributed by atoms with Crippen molar-refractivity contribution in [3.05, 3.63) is 30.3 Å². The van der Waals surface area contributed by atoms with Crippen LogP contribution < -0.4 is 15.4 Å². The summed E-state index contributed by atoms with van der Waals surface area (Å²) in [4.78, 5) is 14.4. The summed E-state index contributed by atoms with van der Waals surface area (Å²) in [5, 5.41) is 6.35. The average Bonchev–Trinajstić information content (AvgIpc) is 2.56. The number of para-hydroxylation sites is 1. The third-order valence-electron chi connectivity index (χ3n) is 3.95. The van der Waals surface area contributed by atoms with Crippen LogP contribution in [0.15, 0.2) is 30.3 Å². The molecule has 0 aliphatic carbocycles. The highest BCUT2D eigenvalue weighted by atomic mass is 35.5. The summed E-state index contributed by atoms with van der Waals surface area (Å²) in [5.41, 5.74) is 0. The second-order valence-electron chi connectivity index (χ2n) is 5.73. The van der Waals surface area contributed by atoms with E-state index in [1.165, 1.54) is 0 Å². The molecule has 1 fully saturated rings. The predicted molar refractivity (Wildman–Crippen MR) is 95.3 cm³/mol. The monoisotopic (exact) mass is 341 g/mol. The van der Waals surface area contributed by atoms with Gasteiger partial charge in [0.05, 0.1) is 6.61 Å². The zero-order valence-corrected chi connectivity index (χ0v) is 14.6. The molecular weight excluding hydrogens is 314 g/mol. The lowest BCUT2D eigenvalue weighted by Crippen LogP contribution is -2.46. The van der Waals surface area contributed by atoms with Crippen molar-refractivity contribution in [2.45, 2.75) is 13.3 Å². The van der Waals surface area contributed by atoms with E-state index in [1.54, 1.807) is 0 Å². The Balaban J connectivity index is 0.00000264. The van der Waals surface area contributed by atoms with Gasteiger partial charge in [-0.05, 0) is 18.6 Å². The fourth-order valence-electron chi connectivity index (χ4n) is 2.45. The van der Waals surface area contributed by atoms with Gasteiger partial charge in [0.1, 0.15) is 5.75 Å². The van der Waals surface area contributed by atoms with E-state index in [-0.39, 0.29) is 24.2 Å². The highest BCUT2D eigenvalue weighted by Gasteiger charge is 2.14. The number of carbonyl (C=O) groups is 1.